The average Bonchev–Trinajstić information content (AvgIpc) is 3.55. The molecule has 8 nitrogen and oxygen atoms in total. The second kappa shape index (κ2) is 13.1. The zero-order chi connectivity index (χ0) is 32.4. The number of nitrogens with zero attached hydrogens (tertiary/aromatic N) is 6. The van der Waals surface area contributed by atoms with Crippen LogP contribution < -0.4 is 4.74 Å². The molecule has 1 aliphatic rings. The quantitative estimate of drug-likeness (QED) is 0.204. The minimum atomic E-state index is -3.03. The smallest absolute Gasteiger partial charge is 0.269 e. The minimum absolute atomic E-state index is 0.0286. The highest BCUT2D eigenvalue weighted by atomic mass is 19.3. The van der Waals surface area contributed by atoms with Gasteiger partial charge in [-0.05, 0) is 67.9 Å². The van der Waals surface area contributed by atoms with Gasteiger partial charge in [-0.3, -0.25) is 14.2 Å². The molecule has 5 rings (SSSR count). The van der Waals surface area contributed by atoms with Crippen LogP contribution in [0.3, 0.4) is 0 Å². The predicted molar refractivity (Wildman–Crippen MR) is 169 cm³/mol. The Hall–Kier alpha value is -4.08. The van der Waals surface area contributed by atoms with Gasteiger partial charge in [0.15, 0.2) is 0 Å². The highest BCUT2D eigenvalue weighted by Gasteiger charge is 2.46. The number of benzene rings is 2. The average molecular weight is 619 g/mol. The first-order valence-corrected chi connectivity index (χ1v) is 15.6. The lowest BCUT2D eigenvalue weighted by molar-refractivity contribution is -0.151. The lowest BCUT2D eigenvalue weighted by atomic mass is 9.87. The molecule has 240 valence electrons. The largest absolute Gasteiger partial charge is 0.487 e. The molecular weight excluding hydrogens is 574 g/mol. The van der Waals surface area contributed by atoms with Gasteiger partial charge in [0.2, 0.25) is 5.91 Å². The summed E-state index contributed by atoms with van der Waals surface area (Å²) < 4.78 is 39.8. The second-order valence-corrected chi connectivity index (χ2v) is 13.3. The van der Waals surface area contributed by atoms with Gasteiger partial charge in [-0.25, -0.2) is 8.78 Å². The first-order chi connectivity index (χ1) is 21.3. The number of carbonyl (C=O) groups excluding carboxylic acids is 1. The number of ether oxygens (including phenoxy) is 1. The molecule has 0 radical (unpaired) electrons. The molecule has 1 atom stereocenters. The third kappa shape index (κ3) is 7.96. The summed E-state index contributed by atoms with van der Waals surface area (Å²) in [4.78, 5) is 14.4. The number of carbonyl (C=O) groups is 1. The number of halogens is 2. The van der Waals surface area contributed by atoms with Gasteiger partial charge in [0.25, 0.3) is 5.92 Å². The van der Waals surface area contributed by atoms with Crippen LogP contribution in [0, 0.1) is 26.7 Å². The third-order valence-corrected chi connectivity index (χ3v) is 8.77. The summed E-state index contributed by atoms with van der Waals surface area (Å²) in [5.41, 5.74) is 7.06. The van der Waals surface area contributed by atoms with Crippen molar-refractivity contribution < 1.29 is 18.3 Å². The molecule has 1 amide bonds. The van der Waals surface area contributed by atoms with E-state index in [2.05, 4.69) is 67.4 Å². The Morgan fingerprint density at radius 2 is 1.76 bits per heavy atom. The van der Waals surface area contributed by atoms with Gasteiger partial charge < -0.3 is 9.64 Å². The molecule has 45 heavy (non-hydrogen) atoms. The SMILES string of the molecule is Cc1ccc(Cn2nc(C)c(CCC(=O)N3CCC(Cn4cc(COc5ccc(C(C)(C)C)cc5)nn4)C(F)(F)C3)c2C)cc1. The molecule has 0 saturated carbocycles. The minimum Gasteiger partial charge on any atom is -0.487 e. The number of hydrogen-bond acceptors (Lipinski definition) is 5. The van der Waals surface area contributed by atoms with E-state index in [4.69, 9.17) is 4.74 Å². The molecule has 2 aromatic heterocycles. The number of piperidine rings is 1. The lowest BCUT2D eigenvalue weighted by Crippen LogP contribution is -2.51. The number of amides is 1. The van der Waals surface area contributed by atoms with Gasteiger partial charge in [0, 0.05) is 24.6 Å². The molecule has 0 aliphatic carbocycles. The normalized spacial score (nSPS) is 16.6. The maximum absolute atomic E-state index is 15.3. The Bertz CT molecular complexity index is 1600. The van der Waals surface area contributed by atoms with Crippen LogP contribution in [0.1, 0.15) is 72.9 Å². The summed E-state index contributed by atoms with van der Waals surface area (Å²) in [6.07, 6.45) is 2.49. The number of rotatable bonds is 10. The Balaban J connectivity index is 1.11. The summed E-state index contributed by atoms with van der Waals surface area (Å²) in [5, 5.41) is 12.9. The number of hydrogen-bond donors (Lipinski definition) is 0. The van der Waals surface area contributed by atoms with Crippen molar-refractivity contribution in [1.82, 2.24) is 29.7 Å². The lowest BCUT2D eigenvalue weighted by Gasteiger charge is -2.38. The molecule has 10 heteroatoms. The van der Waals surface area contributed by atoms with E-state index in [9.17, 15) is 4.79 Å². The van der Waals surface area contributed by atoms with E-state index in [0.717, 1.165) is 22.5 Å². The fraction of sp³-hybridized carbons (Fsp3) is 0.486. The predicted octanol–water partition coefficient (Wildman–Crippen LogP) is 6.44. The molecule has 1 fully saturated rings. The molecule has 0 N–H and O–H groups in total. The van der Waals surface area contributed by atoms with Gasteiger partial charge in [-0.1, -0.05) is 67.9 Å². The van der Waals surface area contributed by atoms with Crippen molar-refractivity contribution in [2.24, 2.45) is 5.92 Å². The number of likely N-dealkylation sites (tertiary alicyclic amines) is 1. The maximum atomic E-state index is 15.3. The van der Waals surface area contributed by atoms with E-state index < -0.39 is 18.4 Å². The van der Waals surface area contributed by atoms with E-state index in [0.29, 0.717) is 31.0 Å². The van der Waals surface area contributed by atoms with Gasteiger partial charge >= 0.3 is 0 Å². The van der Waals surface area contributed by atoms with E-state index in [1.807, 2.05) is 42.8 Å². The van der Waals surface area contributed by atoms with Crippen molar-refractivity contribution in [3.8, 4) is 5.75 Å². The van der Waals surface area contributed by atoms with E-state index >= 15 is 8.78 Å². The van der Waals surface area contributed by atoms with Crippen LogP contribution in [-0.4, -0.2) is 54.6 Å². The molecule has 3 heterocycles. The van der Waals surface area contributed by atoms with Gasteiger partial charge in [-0.15, -0.1) is 5.10 Å². The van der Waals surface area contributed by atoms with Gasteiger partial charge in [-0.2, -0.15) is 5.10 Å². The van der Waals surface area contributed by atoms with Gasteiger partial charge in [0.05, 0.1) is 31.5 Å². The zero-order valence-corrected chi connectivity index (χ0v) is 27.2. The summed E-state index contributed by atoms with van der Waals surface area (Å²) in [7, 11) is 0. The van der Waals surface area contributed by atoms with Crippen molar-refractivity contribution in [3.05, 3.63) is 94.1 Å². The second-order valence-electron chi connectivity index (χ2n) is 13.3. The molecule has 0 bridgehead atoms. The summed E-state index contributed by atoms with van der Waals surface area (Å²) in [6, 6.07) is 16.2. The number of aryl methyl sites for hydroxylation is 2. The van der Waals surface area contributed by atoms with Crippen molar-refractivity contribution >= 4 is 5.91 Å². The van der Waals surface area contributed by atoms with E-state index in [1.165, 1.54) is 20.7 Å². The first kappa shape index (κ1) is 32.3. The Morgan fingerprint density at radius 3 is 2.42 bits per heavy atom. The van der Waals surface area contributed by atoms with Crippen LogP contribution >= 0.6 is 0 Å². The molecule has 4 aromatic rings. The number of aromatic nitrogens is 5. The monoisotopic (exact) mass is 618 g/mol. The van der Waals surface area contributed by atoms with Crippen LogP contribution in [0.15, 0.2) is 54.7 Å². The summed E-state index contributed by atoms with van der Waals surface area (Å²) >= 11 is 0. The molecule has 1 saturated heterocycles. The van der Waals surface area contributed by atoms with Crippen LogP contribution in [0.25, 0.3) is 0 Å². The van der Waals surface area contributed by atoms with Crippen LogP contribution in [-0.2, 0) is 36.3 Å². The van der Waals surface area contributed by atoms with Crippen LogP contribution in [0.4, 0.5) is 8.78 Å². The molecule has 1 aliphatic heterocycles. The molecular formula is C35H44F2N6O2. The summed E-state index contributed by atoms with van der Waals surface area (Å²) in [6.45, 7) is 13.0. The summed E-state index contributed by atoms with van der Waals surface area (Å²) in [5.74, 6) is -3.52. The van der Waals surface area contributed by atoms with Crippen LogP contribution in [0.2, 0.25) is 0 Å². The fourth-order valence-corrected chi connectivity index (χ4v) is 5.86. The van der Waals surface area contributed by atoms with E-state index in [-0.39, 0.29) is 37.3 Å². The highest BCUT2D eigenvalue weighted by molar-refractivity contribution is 5.76. The van der Waals surface area contributed by atoms with Crippen LogP contribution in [0.5, 0.6) is 5.75 Å². The van der Waals surface area contributed by atoms with Gasteiger partial charge in [0.1, 0.15) is 18.1 Å². The highest BCUT2D eigenvalue weighted by Crippen LogP contribution is 2.34. The topological polar surface area (TPSA) is 78.1 Å². The van der Waals surface area contributed by atoms with Crippen molar-refractivity contribution in [2.45, 2.75) is 91.8 Å². The van der Waals surface area contributed by atoms with Crippen molar-refractivity contribution in [3.63, 3.8) is 0 Å². The zero-order valence-electron chi connectivity index (χ0n) is 27.2. The fourth-order valence-electron chi connectivity index (χ4n) is 5.86. The Labute approximate surface area is 264 Å². The first-order valence-electron chi connectivity index (χ1n) is 15.6. The molecule has 2 aromatic carbocycles. The molecule has 0 spiro atoms. The van der Waals surface area contributed by atoms with E-state index in [1.54, 1.807) is 6.20 Å². The third-order valence-electron chi connectivity index (χ3n) is 8.77. The maximum Gasteiger partial charge on any atom is 0.269 e. The Kier molecular flexibility index (Phi) is 9.41. The van der Waals surface area contributed by atoms with Crippen molar-refractivity contribution in [2.75, 3.05) is 13.1 Å². The standard InChI is InChI=1S/C35H44F2N6O2/c1-24-7-9-27(10-8-24)19-43-26(3)32(25(2)39-43)15-16-33(44)41-18-17-29(35(36,37)23-41)20-42-21-30(38-40-42)22-45-31-13-11-28(12-14-31)34(4,5)6/h7-14,21,29H,15-20,22-23H2,1-6H3. The van der Waals surface area contributed by atoms with Crippen molar-refractivity contribution in [1.29, 1.82) is 0 Å². The molecule has 1 unspecified atom stereocenters. The number of alkyl halides is 2. The Morgan fingerprint density at radius 1 is 1.04 bits per heavy atom.